The highest BCUT2D eigenvalue weighted by Gasteiger charge is 2.23. The van der Waals surface area contributed by atoms with Crippen LogP contribution in [-0.2, 0) is 9.63 Å². The Hall–Kier alpha value is -0.220. The zero-order valence-electron chi connectivity index (χ0n) is 5.00. The fraction of sp³-hybridized carbons (Fsp3) is 0.800. The summed E-state index contributed by atoms with van der Waals surface area (Å²) in [7, 11) is 0. The van der Waals surface area contributed by atoms with E-state index in [-0.39, 0.29) is 11.2 Å². The minimum absolute atomic E-state index is 0.00926. The van der Waals surface area contributed by atoms with E-state index in [1.165, 1.54) is 0 Å². The van der Waals surface area contributed by atoms with Gasteiger partial charge in [-0.2, -0.15) is 5.90 Å². The highest BCUT2D eigenvalue weighted by Crippen LogP contribution is 2.26. The van der Waals surface area contributed by atoms with Crippen LogP contribution in [0.3, 0.4) is 0 Å². The normalized spacial score (nSPS) is 26.1. The third-order valence-electron chi connectivity index (χ3n) is 1.31. The summed E-state index contributed by atoms with van der Waals surface area (Å²) in [6, 6.07) is 0. The molecule has 1 aliphatic rings. The Bertz CT molecular complexity index is 112. The Labute approximate surface area is 57.9 Å². The van der Waals surface area contributed by atoms with Gasteiger partial charge in [0.1, 0.15) is 5.25 Å². The van der Waals surface area contributed by atoms with E-state index in [2.05, 4.69) is 10.7 Å². The lowest BCUT2D eigenvalue weighted by molar-refractivity contribution is -0.143. The highest BCUT2D eigenvalue weighted by molar-refractivity contribution is 8.00. The van der Waals surface area contributed by atoms with Gasteiger partial charge in [0.25, 0.3) is 0 Å². The molecular formula is C5H9NO2S. The van der Waals surface area contributed by atoms with Crippen LogP contribution in [0, 0.1) is 0 Å². The predicted octanol–water partition coefficient (Wildman–Crippen LogP) is 0.299. The van der Waals surface area contributed by atoms with E-state index in [9.17, 15) is 4.79 Å². The monoisotopic (exact) mass is 147 g/mol. The Kier molecular flexibility index (Phi) is 2.36. The molecule has 1 heterocycles. The molecule has 0 amide bonds. The van der Waals surface area contributed by atoms with Crippen molar-refractivity contribution in [2.45, 2.75) is 18.1 Å². The number of hydrogen-bond acceptors (Lipinski definition) is 4. The van der Waals surface area contributed by atoms with E-state index in [0.29, 0.717) is 0 Å². The van der Waals surface area contributed by atoms with Gasteiger partial charge in [0.2, 0.25) is 0 Å². The highest BCUT2D eigenvalue weighted by atomic mass is 32.2. The molecule has 4 heteroatoms. The number of hydrogen-bond donors (Lipinski definition) is 1. The second-order valence-electron chi connectivity index (χ2n) is 1.94. The first kappa shape index (κ1) is 6.89. The molecule has 1 atom stereocenters. The molecule has 1 rings (SSSR count). The number of rotatable bonds is 1. The maximum Gasteiger partial charge on any atom is 0.337 e. The minimum atomic E-state index is -0.280. The Morgan fingerprint density at radius 2 is 2.56 bits per heavy atom. The number of nitrogens with two attached hydrogens (primary N) is 1. The summed E-state index contributed by atoms with van der Waals surface area (Å²) in [4.78, 5) is 14.7. The van der Waals surface area contributed by atoms with Gasteiger partial charge in [-0.1, -0.05) is 0 Å². The molecule has 0 aromatic carbocycles. The molecule has 0 bridgehead atoms. The zero-order valence-corrected chi connectivity index (χ0v) is 5.82. The Morgan fingerprint density at radius 3 is 3.00 bits per heavy atom. The molecular weight excluding hydrogens is 138 g/mol. The van der Waals surface area contributed by atoms with Gasteiger partial charge in [0.15, 0.2) is 0 Å². The van der Waals surface area contributed by atoms with Crippen LogP contribution in [0.25, 0.3) is 0 Å². The predicted molar refractivity (Wildman–Crippen MR) is 35.8 cm³/mol. The molecule has 3 nitrogen and oxygen atoms in total. The van der Waals surface area contributed by atoms with Crippen LogP contribution >= 0.6 is 11.8 Å². The topological polar surface area (TPSA) is 52.3 Å². The smallest absolute Gasteiger partial charge is 0.337 e. The molecule has 2 N–H and O–H groups in total. The third kappa shape index (κ3) is 1.59. The Morgan fingerprint density at radius 1 is 1.78 bits per heavy atom. The van der Waals surface area contributed by atoms with Crippen LogP contribution in [0.5, 0.6) is 0 Å². The van der Waals surface area contributed by atoms with Crippen LogP contribution in [-0.4, -0.2) is 17.0 Å². The average molecular weight is 147 g/mol. The van der Waals surface area contributed by atoms with Crippen molar-refractivity contribution in [3.05, 3.63) is 0 Å². The molecule has 52 valence electrons. The lowest BCUT2D eigenvalue weighted by Crippen LogP contribution is -2.20. The van der Waals surface area contributed by atoms with Crippen molar-refractivity contribution in [3.63, 3.8) is 0 Å². The molecule has 1 aliphatic heterocycles. The van der Waals surface area contributed by atoms with E-state index in [1.54, 1.807) is 11.8 Å². The van der Waals surface area contributed by atoms with Gasteiger partial charge in [-0.25, -0.2) is 4.79 Å². The van der Waals surface area contributed by atoms with Crippen molar-refractivity contribution in [3.8, 4) is 0 Å². The maximum atomic E-state index is 10.6. The molecule has 0 aliphatic carbocycles. The van der Waals surface area contributed by atoms with Crippen molar-refractivity contribution in [1.82, 2.24) is 0 Å². The van der Waals surface area contributed by atoms with Crippen molar-refractivity contribution in [1.29, 1.82) is 0 Å². The molecule has 1 saturated heterocycles. The average Bonchev–Trinajstić information content (AvgIpc) is 2.37. The van der Waals surface area contributed by atoms with Gasteiger partial charge in [-0.15, -0.1) is 11.8 Å². The number of carbonyl (C=O) groups is 1. The first-order valence-electron chi connectivity index (χ1n) is 2.87. The molecule has 0 saturated carbocycles. The zero-order chi connectivity index (χ0) is 6.69. The van der Waals surface area contributed by atoms with Gasteiger partial charge in [-0.3, -0.25) is 0 Å². The summed E-state index contributed by atoms with van der Waals surface area (Å²) in [5.41, 5.74) is 0. The maximum absolute atomic E-state index is 10.6. The first-order chi connectivity index (χ1) is 4.34. The molecule has 0 radical (unpaired) electrons. The number of thioether (sulfide) groups is 1. The van der Waals surface area contributed by atoms with E-state index in [0.717, 1.165) is 18.6 Å². The fourth-order valence-electron chi connectivity index (χ4n) is 0.839. The SMILES string of the molecule is NOC(=O)C1CCCS1. The molecule has 0 spiro atoms. The van der Waals surface area contributed by atoms with E-state index in [4.69, 9.17) is 0 Å². The van der Waals surface area contributed by atoms with Crippen molar-refractivity contribution in [2.24, 2.45) is 5.90 Å². The van der Waals surface area contributed by atoms with Gasteiger partial charge in [0.05, 0.1) is 0 Å². The van der Waals surface area contributed by atoms with Gasteiger partial charge < -0.3 is 4.84 Å². The summed E-state index contributed by atoms with van der Waals surface area (Å²) in [6.07, 6.45) is 2.02. The van der Waals surface area contributed by atoms with Gasteiger partial charge in [0, 0.05) is 0 Å². The molecule has 0 aromatic heterocycles. The van der Waals surface area contributed by atoms with E-state index in [1.807, 2.05) is 0 Å². The first-order valence-corrected chi connectivity index (χ1v) is 3.91. The van der Waals surface area contributed by atoms with E-state index < -0.39 is 0 Å². The standard InChI is InChI=1S/C5H9NO2S/c6-8-5(7)4-2-1-3-9-4/h4H,1-3,6H2. The quantitative estimate of drug-likeness (QED) is 0.542. The molecule has 1 fully saturated rings. The lowest BCUT2D eigenvalue weighted by atomic mass is 10.2. The fourth-order valence-corrected chi connectivity index (χ4v) is 1.98. The molecule has 0 aromatic rings. The van der Waals surface area contributed by atoms with Gasteiger partial charge in [-0.05, 0) is 18.6 Å². The summed E-state index contributed by atoms with van der Waals surface area (Å²) in [5, 5.41) is 0.00926. The van der Waals surface area contributed by atoms with Crippen LogP contribution in [0.4, 0.5) is 0 Å². The second-order valence-corrected chi connectivity index (χ2v) is 3.25. The van der Waals surface area contributed by atoms with E-state index >= 15 is 0 Å². The molecule has 1 unspecified atom stereocenters. The minimum Gasteiger partial charge on any atom is -0.372 e. The van der Waals surface area contributed by atoms with Crippen molar-refractivity contribution >= 4 is 17.7 Å². The van der Waals surface area contributed by atoms with Crippen LogP contribution in [0.2, 0.25) is 0 Å². The van der Waals surface area contributed by atoms with Crippen LogP contribution in [0.15, 0.2) is 0 Å². The lowest BCUT2D eigenvalue weighted by Gasteiger charge is -2.01. The summed E-state index contributed by atoms with van der Waals surface area (Å²) < 4.78 is 0. The van der Waals surface area contributed by atoms with Gasteiger partial charge >= 0.3 is 5.97 Å². The Balaban J connectivity index is 2.32. The largest absolute Gasteiger partial charge is 0.372 e. The third-order valence-corrected chi connectivity index (χ3v) is 2.66. The van der Waals surface area contributed by atoms with Crippen molar-refractivity contribution in [2.75, 3.05) is 5.75 Å². The van der Waals surface area contributed by atoms with Crippen molar-refractivity contribution < 1.29 is 9.63 Å². The van der Waals surface area contributed by atoms with Crippen LogP contribution < -0.4 is 5.90 Å². The van der Waals surface area contributed by atoms with Crippen LogP contribution in [0.1, 0.15) is 12.8 Å². The second kappa shape index (κ2) is 3.08. The summed E-state index contributed by atoms with van der Waals surface area (Å²) >= 11 is 1.62. The summed E-state index contributed by atoms with van der Waals surface area (Å²) in [6.45, 7) is 0. The molecule has 9 heavy (non-hydrogen) atoms. The number of carbonyl (C=O) groups excluding carboxylic acids is 1. The summed E-state index contributed by atoms with van der Waals surface area (Å²) in [5.74, 6) is 5.46.